The lowest BCUT2D eigenvalue weighted by atomic mass is 9.82. The van der Waals surface area contributed by atoms with Crippen molar-refractivity contribution in [2.45, 2.75) is 19.3 Å². The first kappa shape index (κ1) is 29.2. The fourth-order valence-electron chi connectivity index (χ4n) is 6.64. The summed E-state index contributed by atoms with van der Waals surface area (Å²) in [5.41, 5.74) is 11.4. The molecule has 0 spiro atoms. The standard InChI is InChI=1S/C43H33N5/c1-43(2)36-24-22-30(39(44)33-20-12-13-21-38(33)45-32-18-10-5-11-19-32)26-34(36)35-27-31(23-25-37(35)43)42-47-40(28-14-6-3-7-15-28)46-41(48-42)29-16-8-4-9-17-29/h3-27,44-45H,1-2H3. The number of para-hydroxylation sites is 2. The molecule has 0 saturated heterocycles. The minimum atomic E-state index is -0.194. The van der Waals surface area contributed by atoms with Crippen LogP contribution in [0, 0.1) is 5.41 Å². The summed E-state index contributed by atoms with van der Waals surface area (Å²) in [7, 11) is 0. The number of nitrogens with zero attached hydrogens (tertiary/aromatic N) is 3. The molecule has 5 heteroatoms. The van der Waals surface area contributed by atoms with Crippen molar-refractivity contribution < 1.29 is 0 Å². The Hall–Kier alpha value is -6.20. The Morgan fingerprint density at radius 1 is 0.521 bits per heavy atom. The van der Waals surface area contributed by atoms with E-state index in [9.17, 15) is 5.41 Å². The van der Waals surface area contributed by atoms with E-state index in [1.54, 1.807) is 0 Å². The summed E-state index contributed by atoms with van der Waals surface area (Å²) in [5, 5.41) is 12.8. The maximum absolute atomic E-state index is 9.34. The lowest BCUT2D eigenvalue weighted by Crippen LogP contribution is -2.15. The van der Waals surface area contributed by atoms with Crippen molar-refractivity contribution in [1.82, 2.24) is 15.0 Å². The van der Waals surface area contributed by atoms with Crippen LogP contribution in [-0.4, -0.2) is 20.7 Å². The van der Waals surface area contributed by atoms with Crippen LogP contribution >= 0.6 is 0 Å². The van der Waals surface area contributed by atoms with Crippen LogP contribution in [0.15, 0.2) is 152 Å². The average Bonchev–Trinajstić information content (AvgIpc) is 3.37. The van der Waals surface area contributed by atoms with Crippen molar-refractivity contribution in [1.29, 1.82) is 5.41 Å². The SMILES string of the molecule is CC1(C)c2ccc(C(=N)c3ccccc3Nc3ccccc3)cc2-c2cc(-c3nc(-c4ccccc4)nc(-c4ccccc4)n3)ccc21. The number of hydrogen-bond donors (Lipinski definition) is 2. The molecule has 1 heterocycles. The molecule has 0 radical (unpaired) electrons. The largest absolute Gasteiger partial charge is 0.355 e. The van der Waals surface area contributed by atoms with E-state index < -0.39 is 0 Å². The van der Waals surface area contributed by atoms with Crippen molar-refractivity contribution in [2.24, 2.45) is 0 Å². The van der Waals surface area contributed by atoms with Gasteiger partial charge in [0.25, 0.3) is 0 Å². The van der Waals surface area contributed by atoms with Gasteiger partial charge in [0, 0.05) is 44.6 Å². The minimum Gasteiger partial charge on any atom is -0.355 e. The number of nitrogens with one attached hydrogen (secondary N) is 2. The number of rotatable bonds is 7. The maximum Gasteiger partial charge on any atom is 0.164 e. The van der Waals surface area contributed by atoms with E-state index in [1.807, 2.05) is 115 Å². The second kappa shape index (κ2) is 11.9. The molecule has 1 aromatic heterocycles. The molecule has 2 N–H and O–H groups in total. The Bertz CT molecular complexity index is 2240. The summed E-state index contributed by atoms with van der Waals surface area (Å²) >= 11 is 0. The summed E-state index contributed by atoms with van der Waals surface area (Å²) in [6, 6.07) is 51.2. The number of hydrogen-bond acceptors (Lipinski definition) is 5. The van der Waals surface area contributed by atoms with Crippen molar-refractivity contribution in [2.75, 3.05) is 5.32 Å². The van der Waals surface area contributed by atoms with Gasteiger partial charge in [0.05, 0.1) is 5.71 Å². The van der Waals surface area contributed by atoms with E-state index in [0.29, 0.717) is 23.2 Å². The van der Waals surface area contributed by atoms with E-state index >= 15 is 0 Å². The van der Waals surface area contributed by atoms with Crippen LogP contribution < -0.4 is 5.32 Å². The van der Waals surface area contributed by atoms with Crippen LogP contribution in [0.5, 0.6) is 0 Å². The molecule has 5 nitrogen and oxygen atoms in total. The quantitative estimate of drug-likeness (QED) is 0.174. The predicted octanol–water partition coefficient (Wildman–Crippen LogP) is 10.3. The molecule has 48 heavy (non-hydrogen) atoms. The molecule has 1 aliphatic carbocycles. The van der Waals surface area contributed by atoms with Gasteiger partial charge in [-0.25, -0.2) is 15.0 Å². The molecule has 0 amide bonds. The lowest BCUT2D eigenvalue weighted by Gasteiger charge is -2.21. The van der Waals surface area contributed by atoms with Gasteiger partial charge < -0.3 is 5.32 Å². The first-order chi connectivity index (χ1) is 23.5. The van der Waals surface area contributed by atoms with Crippen molar-refractivity contribution in [3.63, 3.8) is 0 Å². The average molecular weight is 620 g/mol. The zero-order valence-corrected chi connectivity index (χ0v) is 26.8. The zero-order chi connectivity index (χ0) is 32.7. The molecular formula is C43H33N5. The first-order valence-electron chi connectivity index (χ1n) is 16.1. The molecule has 230 valence electrons. The normalized spacial score (nSPS) is 12.6. The molecule has 0 unspecified atom stereocenters. The first-order valence-corrected chi connectivity index (χ1v) is 16.1. The van der Waals surface area contributed by atoms with E-state index in [4.69, 9.17) is 15.0 Å². The second-order valence-electron chi connectivity index (χ2n) is 12.6. The zero-order valence-electron chi connectivity index (χ0n) is 26.8. The number of benzene rings is 6. The minimum absolute atomic E-state index is 0.194. The summed E-state index contributed by atoms with van der Waals surface area (Å²) in [4.78, 5) is 14.8. The highest BCUT2D eigenvalue weighted by atomic mass is 15.0. The lowest BCUT2D eigenvalue weighted by molar-refractivity contribution is 0.660. The number of aromatic nitrogens is 3. The molecule has 8 rings (SSSR count). The van der Waals surface area contributed by atoms with E-state index in [2.05, 4.69) is 55.6 Å². The molecular weight excluding hydrogens is 587 g/mol. The third kappa shape index (κ3) is 5.25. The van der Waals surface area contributed by atoms with Gasteiger partial charge in [-0.05, 0) is 52.6 Å². The third-order valence-corrected chi connectivity index (χ3v) is 9.17. The van der Waals surface area contributed by atoms with Gasteiger partial charge in [-0.2, -0.15) is 0 Å². The smallest absolute Gasteiger partial charge is 0.164 e. The molecule has 7 aromatic rings. The molecule has 0 bridgehead atoms. The van der Waals surface area contributed by atoms with Crippen molar-refractivity contribution >= 4 is 17.1 Å². The Labute approximate surface area is 280 Å². The summed E-state index contributed by atoms with van der Waals surface area (Å²) in [6.07, 6.45) is 0. The summed E-state index contributed by atoms with van der Waals surface area (Å²) in [6.45, 7) is 4.54. The molecule has 0 atom stereocenters. The molecule has 0 aliphatic heterocycles. The Morgan fingerprint density at radius 2 is 1.02 bits per heavy atom. The Morgan fingerprint density at radius 3 is 1.65 bits per heavy atom. The van der Waals surface area contributed by atoms with Crippen LogP contribution in [0.2, 0.25) is 0 Å². The fraction of sp³-hybridized carbons (Fsp3) is 0.0698. The predicted molar refractivity (Wildman–Crippen MR) is 196 cm³/mol. The highest BCUT2D eigenvalue weighted by molar-refractivity contribution is 6.15. The van der Waals surface area contributed by atoms with Crippen LogP contribution in [0.25, 0.3) is 45.3 Å². The van der Waals surface area contributed by atoms with Gasteiger partial charge in [0.2, 0.25) is 0 Å². The highest BCUT2D eigenvalue weighted by Gasteiger charge is 2.36. The molecule has 6 aromatic carbocycles. The van der Waals surface area contributed by atoms with Crippen molar-refractivity contribution in [3.05, 3.63) is 174 Å². The maximum atomic E-state index is 9.34. The van der Waals surface area contributed by atoms with Crippen LogP contribution in [0.3, 0.4) is 0 Å². The molecule has 0 fully saturated rings. The Kier molecular flexibility index (Phi) is 7.22. The third-order valence-electron chi connectivity index (χ3n) is 9.17. The summed E-state index contributed by atoms with van der Waals surface area (Å²) in [5.74, 6) is 1.90. The summed E-state index contributed by atoms with van der Waals surface area (Å²) < 4.78 is 0. The van der Waals surface area contributed by atoms with E-state index in [1.165, 1.54) is 11.1 Å². The Balaban J connectivity index is 1.22. The van der Waals surface area contributed by atoms with E-state index in [0.717, 1.165) is 50.3 Å². The van der Waals surface area contributed by atoms with Gasteiger partial charge in [0.1, 0.15) is 0 Å². The van der Waals surface area contributed by atoms with E-state index in [-0.39, 0.29) is 5.41 Å². The van der Waals surface area contributed by atoms with Crippen LogP contribution in [-0.2, 0) is 5.41 Å². The number of fused-ring (bicyclic) bond motifs is 3. The monoisotopic (exact) mass is 619 g/mol. The van der Waals surface area contributed by atoms with Gasteiger partial charge in [0.15, 0.2) is 17.5 Å². The fourth-order valence-corrected chi connectivity index (χ4v) is 6.64. The van der Waals surface area contributed by atoms with Gasteiger partial charge >= 0.3 is 0 Å². The number of anilines is 2. The topological polar surface area (TPSA) is 74.6 Å². The van der Waals surface area contributed by atoms with Crippen LogP contribution in [0.1, 0.15) is 36.1 Å². The second-order valence-corrected chi connectivity index (χ2v) is 12.6. The van der Waals surface area contributed by atoms with Gasteiger partial charge in [-0.15, -0.1) is 0 Å². The van der Waals surface area contributed by atoms with Crippen molar-refractivity contribution in [3.8, 4) is 45.3 Å². The molecule has 0 saturated carbocycles. The van der Waals surface area contributed by atoms with Gasteiger partial charge in [-0.1, -0.05) is 135 Å². The van der Waals surface area contributed by atoms with Crippen LogP contribution in [0.4, 0.5) is 11.4 Å². The molecule has 1 aliphatic rings. The van der Waals surface area contributed by atoms with Gasteiger partial charge in [-0.3, -0.25) is 5.41 Å². The highest BCUT2D eigenvalue weighted by Crippen LogP contribution is 2.50.